The van der Waals surface area contributed by atoms with Crippen LogP contribution < -0.4 is 20.1 Å². The number of amides is 1. The summed E-state index contributed by atoms with van der Waals surface area (Å²) in [5, 5.41) is 6.24. The number of ether oxygens (including phenoxy) is 2. The Morgan fingerprint density at radius 3 is 2.21 bits per heavy atom. The van der Waals surface area contributed by atoms with E-state index in [4.69, 9.17) is 9.47 Å². The van der Waals surface area contributed by atoms with Gasteiger partial charge in [-0.25, -0.2) is 0 Å². The van der Waals surface area contributed by atoms with Gasteiger partial charge in [0.1, 0.15) is 0 Å². The summed E-state index contributed by atoms with van der Waals surface area (Å²) < 4.78 is 10.5. The molecule has 0 radical (unpaired) electrons. The molecule has 0 aliphatic rings. The molecule has 3 aromatic rings. The van der Waals surface area contributed by atoms with E-state index in [-0.39, 0.29) is 5.91 Å². The average Bonchev–Trinajstić information content (AvgIpc) is 2.70. The summed E-state index contributed by atoms with van der Waals surface area (Å²) in [6.45, 7) is 6.19. The predicted molar refractivity (Wildman–Crippen MR) is 116 cm³/mol. The molecule has 0 unspecified atom stereocenters. The zero-order chi connectivity index (χ0) is 21.0. The molecule has 6 heteroatoms. The highest BCUT2D eigenvalue weighted by Crippen LogP contribution is 2.30. The molecule has 1 aromatic heterocycles. The first-order chi connectivity index (χ1) is 13.9. The molecule has 2 N–H and O–H groups in total. The fourth-order valence-corrected chi connectivity index (χ4v) is 3.27. The maximum atomic E-state index is 12.7. The van der Waals surface area contributed by atoms with Gasteiger partial charge in [-0.3, -0.25) is 9.78 Å². The van der Waals surface area contributed by atoms with Crippen LogP contribution in [0.5, 0.6) is 11.5 Å². The van der Waals surface area contributed by atoms with E-state index in [0.717, 1.165) is 22.5 Å². The fraction of sp³-hybridized carbons (Fsp3) is 0.217. The number of anilines is 3. The van der Waals surface area contributed by atoms with Crippen LogP contribution in [0.15, 0.2) is 48.8 Å². The molecule has 29 heavy (non-hydrogen) atoms. The number of nitrogens with one attached hydrogen (secondary N) is 2. The number of aryl methyl sites for hydroxylation is 3. The highest BCUT2D eigenvalue weighted by atomic mass is 16.5. The summed E-state index contributed by atoms with van der Waals surface area (Å²) in [7, 11) is 3.12. The molecular formula is C23H25N3O3. The van der Waals surface area contributed by atoms with Crippen LogP contribution in [0.3, 0.4) is 0 Å². The molecular weight excluding hydrogens is 366 g/mol. The molecule has 0 aliphatic carbocycles. The summed E-state index contributed by atoms with van der Waals surface area (Å²) in [5.74, 6) is 0.886. The standard InChI is InChI=1S/C23H25N3O3/c1-14-8-15(2)22(16(3)9-14)25-19-10-17(12-24-13-19)23(27)26-18-6-7-20(28-4)21(11-18)29-5/h6-13,25H,1-5H3,(H,26,27). The third kappa shape index (κ3) is 4.66. The van der Waals surface area contributed by atoms with E-state index in [2.05, 4.69) is 48.5 Å². The van der Waals surface area contributed by atoms with Crippen molar-refractivity contribution < 1.29 is 14.3 Å². The number of carbonyl (C=O) groups excluding carboxylic acids is 1. The molecule has 0 saturated carbocycles. The van der Waals surface area contributed by atoms with Crippen molar-refractivity contribution >= 4 is 23.0 Å². The second-order valence-electron chi connectivity index (χ2n) is 6.88. The fourth-order valence-electron chi connectivity index (χ4n) is 3.27. The van der Waals surface area contributed by atoms with Gasteiger partial charge >= 0.3 is 0 Å². The van der Waals surface area contributed by atoms with E-state index in [1.807, 2.05) is 0 Å². The maximum absolute atomic E-state index is 12.7. The molecule has 0 atom stereocenters. The largest absolute Gasteiger partial charge is 0.493 e. The molecule has 0 spiro atoms. The molecule has 1 amide bonds. The van der Waals surface area contributed by atoms with E-state index >= 15 is 0 Å². The molecule has 2 aromatic carbocycles. The zero-order valence-electron chi connectivity index (χ0n) is 17.3. The highest BCUT2D eigenvalue weighted by molar-refractivity contribution is 6.04. The number of methoxy groups -OCH3 is 2. The number of pyridine rings is 1. The van der Waals surface area contributed by atoms with Crippen molar-refractivity contribution in [3.63, 3.8) is 0 Å². The normalized spacial score (nSPS) is 10.4. The van der Waals surface area contributed by atoms with Gasteiger partial charge in [-0.15, -0.1) is 0 Å². The lowest BCUT2D eigenvalue weighted by Gasteiger charge is -2.14. The second kappa shape index (κ2) is 8.65. The Labute approximate surface area is 170 Å². The average molecular weight is 391 g/mol. The Hall–Kier alpha value is -3.54. The van der Waals surface area contributed by atoms with E-state index in [1.54, 1.807) is 44.7 Å². The number of carbonyl (C=O) groups is 1. The van der Waals surface area contributed by atoms with Crippen LogP contribution in [0.2, 0.25) is 0 Å². The molecule has 3 rings (SSSR count). The van der Waals surface area contributed by atoms with Gasteiger partial charge < -0.3 is 20.1 Å². The van der Waals surface area contributed by atoms with E-state index in [9.17, 15) is 4.79 Å². The first-order valence-corrected chi connectivity index (χ1v) is 9.24. The molecule has 0 aliphatic heterocycles. The summed E-state index contributed by atoms with van der Waals surface area (Å²) in [6.07, 6.45) is 3.24. The van der Waals surface area contributed by atoms with E-state index < -0.39 is 0 Å². The molecule has 6 nitrogen and oxygen atoms in total. The number of hydrogen-bond donors (Lipinski definition) is 2. The van der Waals surface area contributed by atoms with Crippen LogP contribution >= 0.6 is 0 Å². The first-order valence-electron chi connectivity index (χ1n) is 9.24. The van der Waals surface area contributed by atoms with Gasteiger partial charge in [0.15, 0.2) is 11.5 Å². The number of aromatic nitrogens is 1. The summed E-state index contributed by atoms with van der Waals surface area (Å²) in [5.41, 5.74) is 6.33. The minimum absolute atomic E-state index is 0.259. The number of benzene rings is 2. The SMILES string of the molecule is COc1ccc(NC(=O)c2cncc(Nc3c(C)cc(C)cc3C)c2)cc1OC. The minimum atomic E-state index is -0.259. The van der Waals surface area contributed by atoms with Crippen LogP contribution in [0.1, 0.15) is 27.0 Å². The Kier molecular flexibility index (Phi) is 6.02. The quantitative estimate of drug-likeness (QED) is 0.617. The lowest BCUT2D eigenvalue weighted by Crippen LogP contribution is -2.12. The number of hydrogen-bond acceptors (Lipinski definition) is 5. The van der Waals surface area contributed by atoms with Gasteiger partial charge in [-0.1, -0.05) is 17.7 Å². The van der Waals surface area contributed by atoms with Crippen molar-refractivity contribution in [2.24, 2.45) is 0 Å². The van der Waals surface area contributed by atoms with Crippen LogP contribution in [-0.4, -0.2) is 25.1 Å². The third-order valence-corrected chi connectivity index (χ3v) is 4.59. The van der Waals surface area contributed by atoms with Crippen LogP contribution in [0, 0.1) is 20.8 Å². The predicted octanol–water partition coefficient (Wildman–Crippen LogP) is 5.02. The van der Waals surface area contributed by atoms with E-state index in [0.29, 0.717) is 22.7 Å². The smallest absolute Gasteiger partial charge is 0.257 e. The Bertz CT molecular complexity index is 1020. The zero-order valence-corrected chi connectivity index (χ0v) is 17.3. The van der Waals surface area contributed by atoms with E-state index in [1.165, 1.54) is 11.8 Å². The molecule has 150 valence electrons. The minimum Gasteiger partial charge on any atom is -0.493 e. The lowest BCUT2D eigenvalue weighted by atomic mass is 10.0. The monoisotopic (exact) mass is 391 g/mol. The molecule has 0 bridgehead atoms. The van der Waals surface area contributed by atoms with Gasteiger partial charge in [0, 0.05) is 23.6 Å². The molecule has 0 fully saturated rings. The topological polar surface area (TPSA) is 72.5 Å². The van der Waals surface area contributed by atoms with Crippen molar-refractivity contribution in [2.75, 3.05) is 24.9 Å². The van der Waals surface area contributed by atoms with Gasteiger partial charge in [-0.2, -0.15) is 0 Å². The van der Waals surface area contributed by atoms with Crippen molar-refractivity contribution in [1.82, 2.24) is 4.98 Å². The summed E-state index contributed by atoms with van der Waals surface area (Å²) >= 11 is 0. The first kappa shape index (κ1) is 20.2. The Balaban J connectivity index is 1.80. The molecule has 0 saturated heterocycles. The highest BCUT2D eigenvalue weighted by Gasteiger charge is 2.11. The van der Waals surface area contributed by atoms with Gasteiger partial charge in [-0.05, 0) is 50.1 Å². The van der Waals surface area contributed by atoms with Gasteiger partial charge in [0.05, 0.1) is 31.7 Å². The van der Waals surface area contributed by atoms with Crippen LogP contribution in [0.25, 0.3) is 0 Å². The number of nitrogens with zero attached hydrogens (tertiary/aromatic N) is 1. The number of rotatable bonds is 6. The van der Waals surface area contributed by atoms with Gasteiger partial charge in [0.2, 0.25) is 0 Å². The van der Waals surface area contributed by atoms with Crippen molar-refractivity contribution in [3.05, 3.63) is 71.0 Å². The second-order valence-corrected chi connectivity index (χ2v) is 6.88. The van der Waals surface area contributed by atoms with Crippen molar-refractivity contribution in [2.45, 2.75) is 20.8 Å². The Morgan fingerprint density at radius 1 is 0.862 bits per heavy atom. The summed E-state index contributed by atoms with van der Waals surface area (Å²) in [4.78, 5) is 16.9. The van der Waals surface area contributed by atoms with Crippen molar-refractivity contribution in [1.29, 1.82) is 0 Å². The third-order valence-electron chi connectivity index (χ3n) is 4.59. The van der Waals surface area contributed by atoms with Crippen LogP contribution in [0.4, 0.5) is 17.1 Å². The van der Waals surface area contributed by atoms with Crippen molar-refractivity contribution in [3.8, 4) is 11.5 Å². The Morgan fingerprint density at radius 2 is 1.55 bits per heavy atom. The van der Waals surface area contributed by atoms with Gasteiger partial charge in [0.25, 0.3) is 5.91 Å². The molecule has 1 heterocycles. The van der Waals surface area contributed by atoms with Crippen LogP contribution in [-0.2, 0) is 0 Å². The maximum Gasteiger partial charge on any atom is 0.257 e. The summed E-state index contributed by atoms with van der Waals surface area (Å²) in [6, 6.07) is 11.2. The lowest BCUT2D eigenvalue weighted by molar-refractivity contribution is 0.102.